The van der Waals surface area contributed by atoms with Crippen LogP contribution in [0.4, 0.5) is 74.6 Å². The molecule has 37 heavy (non-hydrogen) atoms. The van der Waals surface area contributed by atoms with Gasteiger partial charge in [-0.25, -0.2) is 4.98 Å². The molecule has 21 heteroatoms. The van der Waals surface area contributed by atoms with Crippen molar-refractivity contribution in [1.82, 2.24) is 9.97 Å². The van der Waals surface area contributed by atoms with Crippen molar-refractivity contribution < 1.29 is 79.4 Å². The van der Waals surface area contributed by atoms with E-state index < -0.39 is 60.0 Å². The van der Waals surface area contributed by atoms with Gasteiger partial charge in [0.2, 0.25) is 0 Å². The molecule has 0 aliphatic carbocycles. The molecule has 2 rings (SSSR count). The Morgan fingerprint density at radius 2 is 1.08 bits per heavy atom. The van der Waals surface area contributed by atoms with Crippen LogP contribution < -0.4 is 4.74 Å². The Morgan fingerprint density at radius 1 is 0.649 bits per heavy atom. The van der Waals surface area contributed by atoms with Crippen LogP contribution in [0.5, 0.6) is 5.75 Å². The quantitative estimate of drug-likeness (QED) is 0.236. The lowest BCUT2D eigenvalue weighted by molar-refractivity contribution is -0.462. The highest BCUT2D eigenvalue weighted by molar-refractivity contribution is 7.80. The van der Waals surface area contributed by atoms with E-state index in [9.17, 15) is 74.6 Å². The fourth-order valence-electron chi connectivity index (χ4n) is 2.52. The number of thiol groups is 1. The number of imidazole rings is 1. The zero-order chi connectivity index (χ0) is 29.3. The van der Waals surface area contributed by atoms with Gasteiger partial charge in [-0.15, -0.1) is 12.6 Å². The fourth-order valence-corrected chi connectivity index (χ4v) is 2.75. The van der Waals surface area contributed by atoms with Crippen molar-refractivity contribution in [2.75, 3.05) is 6.61 Å². The number of hydrogen-bond acceptors (Lipinski definition) is 3. The van der Waals surface area contributed by atoms with E-state index in [1.54, 1.807) is 0 Å². The third kappa shape index (κ3) is 4.39. The number of hydrogen-bond donors (Lipinski definition) is 2. The molecule has 0 amide bonds. The summed E-state index contributed by atoms with van der Waals surface area (Å²) in [5.74, 6) is -57.7. The second-order valence-electron chi connectivity index (χ2n) is 7.18. The molecule has 2 aromatic rings. The van der Waals surface area contributed by atoms with Gasteiger partial charge >= 0.3 is 47.6 Å². The summed E-state index contributed by atoms with van der Waals surface area (Å²) < 4.78 is 229. The topological polar surface area (TPSA) is 37.9 Å². The first-order chi connectivity index (χ1) is 16.2. The van der Waals surface area contributed by atoms with E-state index in [-0.39, 0.29) is 16.2 Å². The lowest BCUT2D eigenvalue weighted by Crippen LogP contribution is -2.74. The minimum Gasteiger partial charge on any atom is -0.487 e. The van der Waals surface area contributed by atoms with Crippen molar-refractivity contribution in [3.63, 3.8) is 0 Å². The number of benzene rings is 1. The van der Waals surface area contributed by atoms with Crippen LogP contribution in [0.2, 0.25) is 0 Å². The first-order valence-electron chi connectivity index (χ1n) is 8.72. The predicted octanol–water partition coefficient (Wildman–Crippen LogP) is 7.24. The number of ether oxygens (including phenoxy) is 1. The van der Waals surface area contributed by atoms with E-state index in [2.05, 4.69) is 27.3 Å². The molecule has 1 aromatic carbocycles. The summed E-state index contributed by atoms with van der Waals surface area (Å²) in [7, 11) is 0. The highest BCUT2D eigenvalue weighted by Crippen LogP contribution is 2.63. The molecule has 0 fully saturated rings. The Bertz CT molecular complexity index is 1140. The van der Waals surface area contributed by atoms with Gasteiger partial charge in [0, 0.05) is 6.07 Å². The maximum absolute atomic E-state index is 13.9. The Balaban J connectivity index is 2.44. The summed E-state index contributed by atoms with van der Waals surface area (Å²) in [5, 5.41) is -0.0836. The summed E-state index contributed by atoms with van der Waals surface area (Å²) >= 11 is 3.74. The van der Waals surface area contributed by atoms with Gasteiger partial charge in [0.05, 0.1) is 11.0 Å². The smallest absolute Gasteiger partial charge is 0.460 e. The molecule has 0 atom stereocenters. The number of aromatic amines is 1. The van der Waals surface area contributed by atoms with Crippen LogP contribution in [0.1, 0.15) is 0 Å². The highest BCUT2D eigenvalue weighted by Gasteiger charge is 2.95. The van der Waals surface area contributed by atoms with E-state index in [1.165, 1.54) is 0 Å². The summed E-state index contributed by atoms with van der Waals surface area (Å²) in [6, 6.07) is 2.35. The van der Waals surface area contributed by atoms with Gasteiger partial charge in [-0.3, -0.25) is 0 Å². The normalized spacial score (nSPS) is 15.4. The third-order valence-electron chi connectivity index (χ3n) is 4.65. The van der Waals surface area contributed by atoms with Gasteiger partial charge in [0.25, 0.3) is 0 Å². The van der Waals surface area contributed by atoms with Crippen LogP contribution in [0.25, 0.3) is 11.0 Å². The molecule has 0 saturated heterocycles. The van der Waals surface area contributed by atoms with Crippen LogP contribution in [0.3, 0.4) is 0 Å². The maximum Gasteiger partial charge on any atom is 0.460 e. The van der Waals surface area contributed by atoms with Gasteiger partial charge in [0.15, 0.2) is 11.8 Å². The Morgan fingerprint density at radius 3 is 1.54 bits per heavy atom. The van der Waals surface area contributed by atoms with Crippen molar-refractivity contribution in [2.24, 2.45) is 0 Å². The Kier molecular flexibility index (Phi) is 7.16. The Hall–Kier alpha value is -2.35. The number of aromatic nitrogens is 2. The lowest BCUT2D eigenvalue weighted by Gasteiger charge is -2.42. The summed E-state index contributed by atoms with van der Waals surface area (Å²) in [4.78, 5) is 6.06. The molecule has 0 radical (unpaired) electrons. The second kappa shape index (κ2) is 8.58. The van der Waals surface area contributed by atoms with Crippen molar-refractivity contribution in [3.05, 3.63) is 18.2 Å². The predicted molar refractivity (Wildman–Crippen MR) is 89.5 cm³/mol. The van der Waals surface area contributed by atoms with Gasteiger partial charge in [-0.05, 0) is 12.1 Å². The van der Waals surface area contributed by atoms with Crippen molar-refractivity contribution in [3.8, 4) is 5.75 Å². The average Bonchev–Trinajstić information content (AvgIpc) is 3.09. The molecular weight excluding hydrogens is 591 g/mol. The monoisotopic (exact) mass is 598 g/mol. The van der Waals surface area contributed by atoms with Crippen LogP contribution in [0.15, 0.2) is 23.4 Å². The summed E-state index contributed by atoms with van der Waals surface area (Å²) in [6.45, 7) is -3.03. The minimum atomic E-state index is -8.67. The van der Waals surface area contributed by atoms with Crippen molar-refractivity contribution in [1.29, 1.82) is 0 Å². The van der Waals surface area contributed by atoms with Gasteiger partial charge in [-0.1, -0.05) is 0 Å². The van der Waals surface area contributed by atoms with Crippen LogP contribution >= 0.6 is 12.6 Å². The van der Waals surface area contributed by atoms with E-state index in [0.717, 1.165) is 6.07 Å². The number of nitrogens with one attached hydrogen (secondary N) is 1. The van der Waals surface area contributed by atoms with E-state index in [0.29, 0.717) is 12.1 Å². The first-order valence-corrected chi connectivity index (χ1v) is 9.17. The van der Waals surface area contributed by atoms with Gasteiger partial charge in [-0.2, -0.15) is 74.6 Å². The zero-order valence-electron chi connectivity index (χ0n) is 16.7. The third-order valence-corrected chi connectivity index (χ3v) is 4.86. The lowest BCUT2D eigenvalue weighted by atomic mass is 9.89. The molecule has 1 heterocycles. The standard InChI is InChI=1S/C16H7F17N2OS/c17-9(18,4-36-5-1-2-6-7(3-5)35-8(37)34-6)10(19,20)11(21,22)12(23,24)13(25,26)14(27,28)15(29,30)16(31,32)33/h1-3H,4H2,(H2,34,35,37). The van der Waals surface area contributed by atoms with Crippen molar-refractivity contribution >= 4 is 23.7 Å². The number of fused-ring (bicyclic) bond motifs is 1. The number of nitrogens with zero attached hydrogens (tertiary/aromatic N) is 1. The van der Waals surface area contributed by atoms with Crippen LogP contribution in [0, 0.1) is 0 Å². The van der Waals surface area contributed by atoms with Crippen molar-refractivity contribution in [2.45, 2.75) is 52.8 Å². The maximum atomic E-state index is 13.9. The molecule has 1 aromatic heterocycles. The van der Waals surface area contributed by atoms with Gasteiger partial charge in [0.1, 0.15) is 5.75 Å². The molecule has 0 spiro atoms. The number of H-pyrrole nitrogens is 1. The molecule has 0 aliphatic rings. The number of rotatable bonds is 9. The summed E-state index contributed by atoms with van der Waals surface area (Å²) in [5.41, 5.74) is -0.0404. The van der Waals surface area contributed by atoms with Crippen LogP contribution in [-0.2, 0) is 0 Å². The molecular formula is C16H7F17N2OS. The van der Waals surface area contributed by atoms with E-state index in [1.807, 2.05) is 0 Å². The zero-order valence-corrected chi connectivity index (χ0v) is 17.6. The minimum absolute atomic E-state index is 0.0836. The Labute approximate surface area is 197 Å². The molecule has 0 unspecified atom stereocenters. The first kappa shape index (κ1) is 30.9. The number of halogens is 17. The molecule has 212 valence electrons. The second-order valence-corrected chi connectivity index (χ2v) is 7.60. The molecule has 1 N–H and O–H groups in total. The molecule has 3 nitrogen and oxygen atoms in total. The SMILES string of the molecule is FC(F)(F)C(F)(F)C(F)(F)C(F)(F)C(F)(F)C(F)(F)C(F)(F)C(F)(F)COc1ccc2[nH]c(S)nc2c1. The largest absolute Gasteiger partial charge is 0.487 e. The van der Waals surface area contributed by atoms with Gasteiger partial charge < -0.3 is 9.72 Å². The molecule has 0 saturated carbocycles. The van der Waals surface area contributed by atoms with E-state index >= 15 is 0 Å². The van der Waals surface area contributed by atoms with E-state index in [4.69, 9.17) is 0 Å². The average molecular weight is 598 g/mol. The summed E-state index contributed by atoms with van der Waals surface area (Å²) in [6.07, 6.45) is -7.80. The number of alkyl halides is 17. The highest BCUT2D eigenvalue weighted by atomic mass is 32.1. The fraction of sp³-hybridized carbons (Fsp3) is 0.562. The molecule has 0 aliphatic heterocycles. The van der Waals surface area contributed by atoms with Crippen LogP contribution in [-0.4, -0.2) is 64.2 Å². The molecule has 0 bridgehead atoms.